The van der Waals surface area contributed by atoms with E-state index in [2.05, 4.69) is 5.16 Å². The Kier molecular flexibility index (Phi) is 2.03. The summed E-state index contributed by atoms with van der Waals surface area (Å²) in [5.74, 6) is 0.472. The van der Waals surface area contributed by atoms with Gasteiger partial charge in [-0.25, -0.2) is 8.42 Å². The minimum Gasteiger partial charge on any atom is -0.356 e. The number of rotatable bonds is 2. The molecule has 1 saturated carbocycles. The van der Waals surface area contributed by atoms with E-state index in [1.54, 1.807) is 6.07 Å². The Bertz CT molecular complexity index is 658. The summed E-state index contributed by atoms with van der Waals surface area (Å²) in [4.78, 5) is 0.0418. The molecule has 3 rings (SSSR count). The van der Waals surface area contributed by atoms with Gasteiger partial charge in [-0.2, -0.15) is 0 Å². The lowest BCUT2D eigenvalue weighted by Gasteiger charge is -1.95. The van der Waals surface area contributed by atoms with E-state index in [-0.39, 0.29) is 4.90 Å². The summed E-state index contributed by atoms with van der Waals surface area (Å²) in [5.41, 5.74) is 1.40. The molecular weight excluding hydrogens is 250 g/mol. The Morgan fingerprint density at radius 1 is 1.38 bits per heavy atom. The first-order valence-electron chi connectivity index (χ1n) is 4.90. The van der Waals surface area contributed by atoms with E-state index in [1.165, 1.54) is 12.1 Å². The second kappa shape index (κ2) is 3.21. The molecule has 16 heavy (non-hydrogen) atoms. The van der Waals surface area contributed by atoms with Gasteiger partial charge in [-0.05, 0) is 25.0 Å². The van der Waals surface area contributed by atoms with Gasteiger partial charge in [-0.15, -0.1) is 0 Å². The number of hydrogen-bond donors (Lipinski definition) is 0. The van der Waals surface area contributed by atoms with Crippen molar-refractivity contribution in [2.45, 2.75) is 23.7 Å². The van der Waals surface area contributed by atoms with E-state index in [1.807, 2.05) is 0 Å². The van der Waals surface area contributed by atoms with E-state index in [9.17, 15) is 8.42 Å². The summed E-state index contributed by atoms with van der Waals surface area (Å²) >= 11 is 0. The summed E-state index contributed by atoms with van der Waals surface area (Å²) in [7, 11) is 1.55. The Labute approximate surface area is 96.6 Å². The Morgan fingerprint density at radius 3 is 2.75 bits per heavy atom. The maximum atomic E-state index is 11.1. The zero-order valence-corrected chi connectivity index (χ0v) is 9.75. The molecule has 0 bridgehead atoms. The van der Waals surface area contributed by atoms with Crippen molar-refractivity contribution < 1.29 is 12.9 Å². The number of hydrogen-bond acceptors (Lipinski definition) is 4. The van der Waals surface area contributed by atoms with Gasteiger partial charge in [0.1, 0.15) is 0 Å². The number of aromatic nitrogens is 1. The lowest BCUT2D eigenvalue weighted by Crippen LogP contribution is -1.89. The fraction of sp³-hybridized carbons (Fsp3) is 0.300. The second-order valence-electron chi connectivity index (χ2n) is 3.94. The lowest BCUT2D eigenvalue weighted by molar-refractivity contribution is 0.446. The number of halogens is 1. The van der Waals surface area contributed by atoms with Gasteiger partial charge >= 0.3 is 0 Å². The van der Waals surface area contributed by atoms with Gasteiger partial charge in [0.2, 0.25) is 0 Å². The molecule has 84 valence electrons. The predicted octanol–water partition coefficient (Wildman–Crippen LogP) is 2.63. The topological polar surface area (TPSA) is 60.2 Å². The highest BCUT2D eigenvalue weighted by molar-refractivity contribution is 8.13. The zero-order valence-electron chi connectivity index (χ0n) is 8.18. The molecule has 0 atom stereocenters. The molecule has 1 aliphatic rings. The maximum absolute atomic E-state index is 11.1. The van der Waals surface area contributed by atoms with E-state index >= 15 is 0 Å². The van der Waals surface area contributed by atoms with Gasteiger partial charge in [-0.1, -0.05) is 5.16 Å². The summed E-state index contributed by atoms with van der Waals surface area (Å²) < 4.78 is 27.4. The van der Waals surface area contributed by atoms with Gasteiger partial charge < -0.3 is 4.52 Å². The van der Waals surface area contributed by atoms with Gasteiger partial charge in [0.15, 0.2) is 5.58 Å². The number of benzene rings is 1. The van der Waals surface area contributed by atoms with Crippen LogP contribution in [0.15, 0.2) is 27.6 Å². The molecule has 0 amide bonds. The van der Waals surface area contributed by atoms with Crippen LogP contribution < -0.4 is 0 Å². The zero-order chi connectivity index (χ0) is 11.3. The van der Waals surface area contributed by atoms with Crippen molar-refractivity contribution in [2.75, 3.05) is 0 Å². The predicted molar refractivity (Wildman–Crippen MR) is 59.0 cm³/mol. The normalized spacial score (nSPS) is 16.8. The summed E-state index contributed by atoms with van der Waals surface area (Å²) in [6.07, 6.45) is 2.24. The largest absolute Gasteiger partial charge is 0.356 e. The molecule has 0 radical (unpaired) electrons. The monoisotopic (exact) mass is 257 g/mol. The molecule has 0 aliphatic heterocycles. The SMILES string of the molecule is O=S(=O)(Cl)c1ccc2c(C3CC3)noc2c1. The molecule has 0 unspecified atom stereocenters. The maximum Gasteiger partial charge on any atom is 0.261 e. The Morgan fingerprint density at radius 2 is 2.12 bits per heavy atom. The van der Waals surface area contributed by atoms with Crippen LogP contribution in [0.4, 0.5) is 0 Å². The van der Waals surface area contributed by atoms with Crippen LogP contribution in [0.5, 0.6) is 0 Å². The lowest BCUT2D eigenvalue weighted by atomic mass is 10.1. The van der Waals surface area contributed by atoms with Crippen molar-refractivity contribution in [3.63, 3.8) is 0 Å². The third-order valence-electron chi connectivity index (χ3n) is 2.72. The van der Waals surface area contributed by atoms with Crippen molar-refractivity contribution in [3.05, 3.63) is 23.9 Å². The Balaban J connectivity index is 2.20. The number of fused-ring (bicyclic) bond motifs is 1. The molecule has 2 aromatic rings. The molecule has 1 aliphatic carbocycles. The molecule has 0 N–H and O–H groups in total. The summed E-state index contributed by atoms with van der Waals surface area (Å²) in [5, 5.41) is 4.85. The third kappa shape index (κ3) is 1.60. The highest BCUT2D eigenvalue weighted by Crippen LogP contribution is 2.42. The van der Waals surface area contributed by atoms with E-state index < -0.39 is 9.05 Å². The molecule has 0 saturated heterocycles. The molecule has 1 heterocycles. The molecule has 0 spiro atoms. The van der Waals surface area contributed by atoms with Crippen LogP contribution in [-0.2, 0) is 9.05 Å². The van der Waals surface area contributed by atoms with Gasteiger partial charge in [0.25, 0.3) is 9.05 Å². The van der Waals surface area contributed by atoms with Crippen molar-refractivity contribution in [3.8, 4) is 0 Å². The molecule has 1 aromatic heterocycles. The first-order chi connectivity index (χ1) is 7.55. The van der Waals surface area contributed by atoms with E-state index in [0.29, 0.717) is 11.5 Å². The highest BCUT2D eigenvalue weighted by atomic mass is 35.7. The van der Waals surface area contributed by atoms with Crippen LogP contribution >= 0.6 is 10.7 Å². The number of nitrogens with zero attached hydrogens (tertiary/aromatic N) is 1. The van der Waals surface area contributed by atoms with Crippen molar-refractivity contribution in [1.29, 1.82) is 0 Å². The molecule has 4 nitrogen and oxygen atoms in total. The molecule has 1 fully saturated rings. The van der Waals surface area contributed by atoms with Gasteiger partial charge in [0, 0.05) is 28.1 Å². The van der Waals surface area contributed by atoms with Gasteiger partial charge in [0.05, 0.1) is 10.6 Å². The average Bonchev–Trinajstić information content (AvgIpc) is 2.96. The highest BCUT2D eigenvalue weighted by Gasteiger charge is 2.29. The quantitative estimate of drug-likeness (QED) is 0.776. The van der Waals surface area contributed by atoms with Crippen LogP contribution in [0.1, 0.15) is 24.5 Å². The van der Waals surface area contributed by atoms with Crippen molar-refractivity contribution in [2.24, 2.45) is 0 Å². The van der Waals surface area contributed by atoms with Gasteiger partial charge in [-0.3, -0.25) is 0 Å². The first kappa shape index (κ1) is 10.1. The first-order valence-corrected chi connectivity index (χ1v) is 7.20. The standard InChI is InChI=1S/C10H8ClNO3S/c11-16(13,14)7-3-4-8-9(5-7)15-12-10(8)6-1-2-6/h3-6H,1-2H2. The summed E-state index contributed by atoms with van der Waals surface area (Å²) in [6.45, 7) is 0. The van der Waals surface area contributed by atoms with Crippen molar-refractivity contribution >= 4 is 30.7 Å². The molecular formula is C10H8ClNO3S. The van der Waals surface area contributed by atoms with Crippen molar-refractivity contribution in [1.82, 2.24) is 5.16 Å². The summed E-state index contributed by atoms with van der Waals surface area (Å²) in [6, 6.07) is 4.60. The fourth-order valence-corrected chi connectivity index (χ4v) is 2.51. The molecule has 6 heteroatoms. The van der Waals surface area contributed by atoms with Crippen LogP contribution in [0.3, 0.4) is 0 Å². The van der Waals surface area contributed by atoms with E-state index in [0.717, 1.165) is 23.9 Å². The molecule has 1 aromatic carbocycles. The fourth-order valence-electron chi connectivity index (χ4n) is 1.74. The average molecular weight is 258 g/mol. The minimum absolute atomic E-state index is 0.0418. The van der Waals surface area contributed by atoms with Crippen LogP contribution in [0.2, 0.25) is 0 Å². The smallest absolute Gasteiger partial charge is 0.261 e. The second-order valence-corrected chi connectivity index (χ2v) is 6.50. The van der Waals surface area contributed by atoms with E-state index in [4.69, 9.17) is 15.2 Å². The minimum atomic E-state index is -3.71. The third-order valence-corrected chi connectivity index (χ3v) is 4.07. The van der Waals surface area contributed by atoms with Crippen LogP contribution in [0.25, 0.3) is 11.0 Å². The van der Waals surface area contributed by atoms with Crippen LogP contribution in [0, 0.1) is 0 Å². The van der Waals surface area contributed by atoms with Crippen LogP contribution in [-0.4, -0.2) is 13.6 Å². The Hall–Kier alpha value is -1.07.